The van der Waals surface area contributed by atoms with Crippen molar-refractivity contribution in [3.63, 3.8) is 0 Å². The molecule has 2 heterocycles. The molecule has 172 valence electrons. The summed E-state index contributed by atoms with van der Waals surface area (Å²) in [5, 5.41) is 0. The summed E-state index contributed by atoms with van der Waals surface area (Å²) in [6.07, 6.45) is -0.00949. The Balaban J connectivity index is 1.65. The maximum atomic E-state index is 12.3. The lowest BCUT2D eigenvalue weighted by atomic mass is 10.1. The highest BCUT2D eigenvalue weighted by atomic mass is 31.2. The van der Waals surface area contributed by atoms with Gasteiger partial charge in [-0.15, -0.1) is 0 Å². The van der Waals surface area contributed by atoms with Gasteiger partial charge < -0.3 is 29.4 Å². The molecule has 4 N–H and O–H groups in total. The second-order valence-corrected chi connectivity index (χ2v) is 10.1. The number of nitrogen functional groups attached to an aromatic ring is 1. The molecule has 0 spiro atoms. The number of aromatic amines is 1. The third kappa shape index (κ3) is 5.24. The van der Waals surface area contributed by atoms with Gasteiger partial charge in [0.25, 0.3) is 5.56 Å². The van der Waals surface area contributed by atoms with Crippen LogP contribution in [0.3, 0.4) is 0 Å². The molecular weight excluding hydrogens is 433 g/mol. The van der Waals surface area contributed by atoms with Crippen LogP contribution in [0.4, 0.5) is 10.7 Å². The molecule has 2 aromatic heterocycles. The zero-order valence-electron chi connectivity index (χ0n) is 17.7. The van der Waals surface area contributed by atoms with Crippen molar-refractivity contribution in [2.45, 2.75) is 52.4 Å². The molecule has 3 rings (SSSR count). The fraction of sp³-hybridized carbons (Fsp3) is 0.647. The largest absolute Gasteiger partial charge is 0.510 e. The topological polar surface area (TPSA) is 181 Å². The van der Waals surface area contributed by atoms with Crippen molar-refractivity contribution < 1.29 is 33.0 Å². The molecular formula is C17H26N5O8P. The first-order valence-corrected chi connectivity index (χ1v) is 11.2. The lowest BCUT2D eigenvalue weighted by molar-refractivity contribution is -0.0213. The van der Waals surface area contributed by atoms with E-state index in [-0.39, 0.29) is 29.1 Å². The minimum absolute atomic E-state index is 0.0477. The normalized spacial score (nSPS) is 21.7. The zero-order chi connectivity index (χ0) is 23.0. The number of imidazole rings is 1. The number of ether oxygens (including phenoxy) is 3. The van der Waals surface area contributed by atoms with E-state index < -0.39 is 44.2 Å². The summed E-state index contributed by atoms with van der Waals surface area (Å²) in [6, 6.07) is 0. The fourth-order valence-electron chi connectivity index (χ4n) is 3.22. The highest BCUT2D eigenvalue weighted by molar-refractivity contribution is 7.52. The average Bonchev–Trinajstić information content (AvgIpc) is 2.94. The molecule has 1 aliphatic carbocycles. The van der Waals surface area contributed by atoms with E-state index in [1.807, 2.05) is 13.8 Å². The summed E-state index contributed by atoms with van der Waals surface area (Å²) >= 11 is 0. The molecule has 0 amide bonds. The number of aromatic nitrogens is 4. The number of fused-ring (bicyclic) bond motifs is 1. The maximum absolute atomic E-state index is 12.3. The number of nitrogens with one attached hydrogen (secondary N) is 1. The van der Waals surface area contributed by atoms with Gasteiger partial charge in [0.05, 0.1) is 24.6 Å². The van der Waals surface area contributed by atoms with E-state index in [0.717, 1.165) is 0 Å². The number of nitrogens with two attached hydrogens (primary N) is 1. The number of hydrogen-bond acceptors (Lipinski definition) is 10. The van der Waals surface area contributed by atoms with Crippen molar-refractivity contribution in [1.82, 2.24) is 19.5 Å². The van der Waals surface area contributed by atoms with E-state index in [4.69, 9.17) is 19.7 Å². The standard InChI is InChI=1S/C17H26N5O8P/c1-10(2)30-15(24)27-8-29-31(25,26)9-28-17(5-16(17,3)4)6-22-7-19-11-12(22)20-14(18)21-13(11)23/h7,10H,5-6,8-9H2,1-4H3,(H,25,26)(H3,18,20,21,23). The molecule has 2 atom stereocenters. The number of carbonyl (C=O) groups excluding carboxylic acids is 1. The quantitative estimate of drug-likeness (QED) is 0.281. The Kier molecular flexibility index (Phi) is 6.16. The molecule has 1 saturated carbocycles. The Labute approximate surface area is 177 Å². The summed E-state index contributed by atoms with van der Waals surface area (Å²) in [7, 11) is -4.22. The number of nitrogens with zero attached hydrogens (tertiary/aromatic N) is 3. The number of H-pyrrole nitrogens is 1. The molecule has 0 saturated heterocycles. The molecule has 13 nitrogen and oxygen atoms in total. The Hall–Kier alpha value is -2.47. The first-order valence-electron chi connectivity index (χ1n) is 9.48. The molecule has 1 aliphatic rings. The second-order valence-electron chi connectivity index (χ2n) is 8.27. The van der Waals surface area contributed by atoms with Crippen LogP contribution in [0.25, 0.3) is 11.2 Å². The third-order valence-corrected chi connectivity index (χ3v) is 5.99. The predicted octanol–water partition coefficient (Wildman–Crippen LogP) is 1.57. The molecule has 14 heteroatoms. The highest BCUT2D eigenvalue weighted by Crippen LogP contribution is 2.61. The van der Waals surface area contributed by atoms with Gasteiger partial charge in [-0.3, -0.25) is 18.9 Å². The van der Waals surface area contributed by atoms with Crippen molar-refractivity contribution in [2.24, 2.45) is 5.41 Å². The van der Waals surface area contributed by atoms with Gasteiger partial charge in [-0.2, -0.15) is 4.98 Å². The maximum Gasteiger partial charge on any atom is 0.510 e. The lowest BCUT2D eigenvalue weighted by Crippen LogP contribution is -2.28. The monoisotopic (exact) mass is 459 g/mol. The van der Waals surface area contributed by atoms with E-state index >= 15 is 0 Å². The summed E-state index contributed by atoms with van der Waals surface area (Å²) in [5.74, 6) is -0.0477. The molecule has 0 bridgehead atoms. The zero-order valence-corrected chi connectivity index (χ0v) is 18.5. The molecule has 2 unspecified atom stereocenters. The van der Waals surface area contributed by atoms with Gasteiger partial charge in [0.2, 0.25) is 12.7 Å². The molecule has 0 aliphatic heterocycles. The van der Waals surface area contributed by atoms with Gasteiger partial charge in [0.1, 0.15) is 6.35 Å². The lowest BCUT2D eigenvalue weighted by Gasteiger charge is -2.23. The van der Waals surface area contributed by atoms with Crippen LogP contribution >= 0.6 is 7.60 Å². The van der Waals surface area contributed by atoms with Crippen LogP contribution < -0.4 is 11.3 Å². The van der Waals surface area contributed by atoms with Crippen LogP contribution in [0.15, 0.2) is 11.1 Å². The smallest absolute Gasteiger partial charge is 0.432 e. The van der Waals surface area contributed by atoms with Crippen LogP contribution in [-0.4, -0.2) is 55.4 Å². The van der Waals surface area contributed by atoms with Crippen molar-refractivity contribution in [1.29, 1.82) is 0 Å². The van der Waals surface area contributed by atoms with Gasteiger partial charge in [-0.05, 0) is 25.7 Å². The van der Waals surface area contributed by atoms with Gasteiger partial charge >= 0.3 is 13.8 Å². The summed E-state index contributed by atoms with van der Waals surface area (Å²) in [4.78, 5) is 43.9. The van der Waals surface area contributed by atoms with Crippen molar-refractivity contribution >= 4 is 30.9 Å². The summed E-state index contributed by atoms with van der Waals surface area (Å²) in [5.41, 5.74) is 4.43. The Bertz CT molecular complexity index is 1080. The van der Waals surface area contributed by atoms with Crippen LogP contribution in [0.2, 0.25) is 0 Å². The van der Waals surface area contributed by atoms with E-state index in [2.05, 4.69) is 19.7 Å². The van der Waals surface area contributed by atoms with Crippen molar-refractivity contribution in [3.8, 4) is 0 Å². The second kappa shape index (κ2) is 8.23. The van der Waals surface area contributed by atoms with E-state index in [9.17, 15) is 19.0 Å². The van der Waals surface area contributed by atoms with Crippen LogP contribution in [0.1, 0.15) is 34.1 Å². The molecule has 0 aromatic carbocycles. The molecule has 2 aromatic rings. The first-order chi connectivity index (χ1) is 14.3. The highest BCUT2D eigenvalue weighted by Gasteiger charge is 2.63. The molecule has 1 fully saturated rings. The van der Waals surface area contributed by atoms with E-state index in [1.54, 1.807) is 18.4 Å². The summed E-state index contributed by atoms with van der Waals surface area (Å²) < 4.78 is 33.8. The minimum atomic E-state index is -4.22. The van der Waals surface area contributed by atoms with Crippen LogP contribution in [-0.2, 0) is 29.8 Å². The minimum Gasteiger partial charge on any atom is -0.432 e. The number of hydrogen-bond donors (Lipinski definition) is 3. The predicted molar refractivity (Wildman–Crippen MR) is 108 cm³/mol. The van der Waals surface area contributed by atoms with Gasteiger partial charge in [-0.1, -0.05) is 13.8 Å². The van der Waals surface area contributed by atoms with E-state index in [1.165, 1.54) is 6.33 Å². The van der Waals surface area contributed by atoms with Crippen LogP contribution in [0.5, 0.6) is 0 Å². The first kappa shape index (κ1) is 23.2. The molecule has 0 radical (unpaired) electrons. The van der Waals surface area contributed by atoms with Crippen molar-refractivity contribution in [3.05, 3.63) is 16.7 Å². The Morgan fingerprint density at radius 1 is 1.45 bits per heavy atom. The van der Waals surface area contributed by atoms with Crippen LogP contribution in [0, 0.1) is 5.41 Å². The van der Waals surface area contributed by atoms with Gasteiger partial charge in [0, 0.05) is 0 Å². The average molecular weight is 459 g/mol. The number of anilines is 1. The van der Waals surface area contributed by atoms with Gasteiger partial charge in [-0.25, -0.2) is 9.78 Å². The Morgan fingerprint density at radius 2 is 2.13 bits per heavy atom. The molecule has 31 heavy (non-hydrogen) atoms. The van der Waals surface area contributed by atoms with Crippen molar-refractivity contribution in [2.75, 3.05) is 18.9 Å². The SMILES string of the molecule is CC(C)OC(=O)OCOP(=O)(O)COC1(Cn2cnc3c(=O)[nH]c(N)nc32)CC1(C)C. The number of carbonyl (C=O) groups is 1. The number of rotatable bonds is 9. The van der Waals surface area contributed by atoms with Gasteiger partial charge in [0.15, 0.2) is 11.2 Å². The fourth-order valence-corrected chi connectivity index (χ4v) is 3.92. The summed E-state index contributed by atoms with van der Waals surface area (Å²) in [6.45, 7) is 6.62. The Morgan fingerprint density at radius 3 is 2.74 bits per heavy atom. The third-order valence-electron chi connectivity index (χ3n) is 5.02. The van der Waals surface area contributed by atoms with E-state index in [0.29, 0.717) is 6.42 Å².